The van der Waals surface area contributed by atoms with E-state index >= 15 is 0 Å². The molecule has 0 aliphatic heterocycles. The Labute approximate surface area is 151 Å². The first kappa shape index (κ1) is 17.0. The molecular formula is C19H22BrN3O. The number of urea groups is 1. The topological polar surface area (TPSA) is 67.2 Å². The number of amides is 2. The number of carbonyl (C=O) groups excluding carboxylic acids is 1. The minimum Gasteiger partial charge on any atom is -0.351 e. The number of hydrogen-bond acceptors (Lipinski definition) is 2. The van der Waals surface area contributed by atoms with E-state index in [4.69, 9.17) is 5.73 Å². The number of carbonyl (C=O) groups is 1. The summed E-state index contributed by atoms with van der Waals surface area (Å²) in [6.45, 7) is 4.35. The van der Waals surface area contributed by atoms with Gasteiger partial charge in [0.15, 0.2) is 0 Å². The molecule has 0 radical (unpaired) electrons. The van der Waals surface area contributed by atoms with Crippen molar-refractivity contribution >= 4 is 27.6 Å². The molecule has 2 aromatic rings. The van der Waals surface area contributed by atoms with Crippen LogP contribution in [0, 0.1) is 6.92 Å². The smallest absolute Gasteiger partial charge is 0.316 e. The largest absolute Gasteiger partial charge is 0.351 e. The van der Waals surface area contributed by atoms with Crippen LogP contribution < -0.4 is 16.4 Å². The first-order chi connectivity index (χ1) is 11.5. The minimum absolute atomic E-state index is 0.219. The molecule has 3 rings (SSSR count). The molecule has 0 saturated heterocycles. The first-order valence-corrected chi connectivity index (χ1v) is 8.95. The van der Waals surface area contributed by atoms with Gasteiger partial charge in [0.1, 0.15) is 0 Å². The zero-order chi connectivity index (χ0) is 17.3. The highest BCUT2D eigenvalue weighted by atomic mass is 79.9. The summed E-state index contributed by atoms with van der Waals surface area (Å²) in [5, 5.41) is 6.32. The molecule has 1 aliphatic rings. The van der Waals surface area contributed by atoms with E-state index in [1.807, 2.05) is 24.3 Å². The Hall–Kier alpha value is -1.85. The molecule has 5 heteroatoms. The summed E-state index contributed by atoms with van der Waals surface area (Å²) >= 11 is 3.71. The molecule has 4 N–H and O–H groups in total. The summed E-state index contributed by atoms with van der Waals surface area (Å²) in [6.07, 6.45) is 2.23. The van der Waals surface area contributed by atoms with Gasteiger partial charge in [0.2, 0.25) is 0 Å². The summed E-state index contributed by atoms with van der Waals surface area (Å²) in [6, 6.07) is 12.1. The van der Waals surface area contributed by atoms with Gasteiger partial charge in [-0.2, -0.15) is 0 Å². The third-order valence-electron chi connectivity index (χ3n) is 4.70. The maximum Gasteiger partial charge on any atom is 0.316 e. The van der Waals surface area contributed by atoms with Crippen molar-refractivity contribution in [1.82, 2.24) is 5.32 Å². The molecule has 0 fully saturated rings. The van der Waals surface area contributed by atoms with Crippen molar-refractivity contribution in [2.24, 2.45) is 5.73 Å². The Morgan fingerprint density at radius 1 is 1.25 bits per heavy atom. The van der Waals surface area contributed by atoms with Crippen LogP contribution in [0.4, 0.5) is 10.5 Å². The zero-order valence-electron chi connectivity index (χ0n) is 13.9. The summed E-state index contributed by atoms with van der Waals surface area (Å²) in [5.74, 6) is 0. The van der Waals surface area contributed by atoms with Gasteiger partial charge in [-0.05, 0) is 67.1 Å². The van der Waals surface area contributed by atoms with Crippen LogP contribution in [-0.4, -0.2) is 6.03 Å². The number of nitrogens with two attached hydrogens (primary N) is 1. The zero-order valence-corrected chi connectivity index (χ0v) is 15.5. The number of nitrogens with one attached hydrogen (secondary N) is 2. The number of fused-ring (bicyclic) bond motifs is 1. The average Bonchev–Trinajstić information content (AvgIpc) is 2.96. The van der Waals surface area contributed by atoms with Crippen LogP contribution in [-0.2, 0) is 6.42 Å². The SMILES string of the molecule is Cc1ccc(Br)c2c1CCC2NC(C)c1ccc(NC(N)=O)cc1. The summed E-state index contributed by atoms with van der Waals surface area (Å²) in [5.41, 5.74) is 11.3. The van der Waals surface area contributed by atoms with Crippen LogP contribution in [0.1, 0.15) is 47.7 Å². The molecule has 1 aliphatic carbocycles. The van der Waals surface area contributed by atoms with Crippen LogP contribution in [0.5, 0.6) is 0 Å². The van der Waals surface area contributed by atoms with Crippen LogP contribution in [0.3, 0.4) is 0 Å². The second-order valence-corrected chi connectivity index (χ2v) is 7.20. The molecule has 126 valence electrons. The molecule has 0 heterocycles. The number of rotatable bonds is 4. The Kier molecular flexibility index (Phi) is 4.92. The third-order valence-corrected chi connectivity index (χ3v) is 5.39. The average molecular weight is 388 g/mol. The lowest BCUT2D eigenvalue weighted by molar-refractivity contribution is 0.259. The molecule has 0 saturated carbocycles. The number of halogens is 1. The van der Waals surface area contributed by atoms with E-state index in [1.165, 1.54) is 26.7 Å². The lowest BCUT2D eigenvalue weighted by atomic mass is 10.0. The minimum atomic E-state index is -0.545. The molecular weight excluding hydrogens is 366 g/mol. The predicted octanol–water partition coefficient (Wildman–Crippen LogP) is 4.59. The number of anilines is 1. The molecule has 24 heavy (non-hydrogen) atoms. The van der Waals surface area contributed by atoms with Crippen molar-refractivity contribution in [2.75, 3.05) is 5.32 Å². The highest BCUT2D eigenvalue weighted by Crippen LogP contribution is 2.39. The van der Waals surface area contributed by atoms with Gasteiger partial charge in [0.05, 0.1) is 0 Å². The van der Waals surface area contributed by atoms with E-state index in [2.05, 4.69) is 52.5 Å². The molecule has 4 nitrogen and oxygen atoms in total. The van der Waals surface area contributed by atoms with Gasteiger partial charge >= 0.3 is 6.03 Å². The van der Waals surface area contributed by atoms with Crippen LogP contribution >= 0.6 is 15.9 Å². The molecule has 0 aromatic heterocycles. The van der Waals surface area contributed by atoms with Gasteiger partial charge in [0.25, 0.3) is 0 Å². The highest BCUT2D eigenvalue weighted by Gasteiger charge is 2.27. The Morgan fingerprint density at radius 2 is 1.96 bits per heavy atom. The number of benzene rings is 2. The number of aryl methyl sites for hydroxylation is 1. The third kappa shape index (κ3) is 3.47. The van der Waals surface area contributed by atoms with Crippen LogP contribution in [0.25, 0.3) is 0 Å². The molecule has 0 bridgehead atoms. The van der Waals surface area contributed by atoms with Crippen molar-refractivity contribution < 1.29 is 4.79 Å². The molecule has 0 spiro atoms. The fraction of sp³-hybridized carbons (Fsp3) is 0.316. The summed E-state index contributed by atoms with van der Waals surface area (Å²) in [7, 11) is 0. The second kappa shape index (κ2) is 6.95. The van der Waals surface area contributed by atoms with Crippen LogP contribution in [0.2, 0.25) is 0 Å². The quantitative estimate of drug-likeness (QED) is 0.718. The number of primary amides is 1. The van der Waals surface area contributed by atoms with Gasteiger partial charge in [-0.1, -0.05) is 34.1 Å². The predicted molar refractivity (Wildman–Crippen MR) is 101 cm³/mol. The fourth-order valence-corrected chi connectivity index (χ4v) is 4.10. The van der Waals surface area contributed by atoms with E-state index in [0.717, 1.165) is 12.8 Å². The Morgan fingerprint density at radius 3 is 2.62 bits per heavy atom. The van der Waals surface area contributed by atoms with Gasteiger partial charge in [0, 0.05) is 22.2 Å². The first-order valence-electron chi connectivity index (χ1n) is 8.16. The lowest BCUT2D eigenvalue weighted by Gasteiger charge is -2.22. The van der Waals surface area contributed by atoms with Gasteiger partial charge in [-0.15, -0.1) is 0 Å². The number of hydrogen-bond donors (Lipinski definition) is 3. The summed E-state index contributed by atoms with van der Waals surface area (Å²) in [4.78, 5) is 10.9. The molecule has 2 unspecified atom stereocenters. The lowest BCUT2D eigenvalue weighted by Crippen LogP contribution is -2.23. The van der Waals surface area contributed by atoms with Crippen molar-refractivity contribution in [2.45, 2.75) is 38.8 Å². The van der Waals surface area contributed by atoms with Crippen molar-refractivity contribution in [3.05, 3.63) is 63.1 Å². The second-order valence-electron chi connectivity index (χ2n) is 6.35. The van der Waals surface area contributed by atoms with E-state index in [9.17, 15) is 4.79 Å². The summed E-state index contributed by atoms with van der Waals surface area (Å²) < 4.78 is 1.19. The van der Waals surface area contributed by atoms with Gasteiger partial charge < -0.3 is 16.4 Å². The maximum atomic E-state index is 10.9. The highest BCUT2D eigenvalue weighted by molar-refractivity contribution is 9.10. The normalized spacial score (nSPS) is 17.4. The van der Waals surface area contributed by atoms with Crippen molar-refractivity contribution in [1.29, 1.82) is 0 Å². The molecule has 2 amide bonds. The Balaban J connectivity index is 1.74. The monoisotopic (exact) mass is 387 g/mol. The van der Waals surface area contributed by atoms with E-state index < -0.39 is 6.03 Å². The van der Waals surface area contributed by atoms with E-state index in [1.54, 1.807) is 0 Å². The van der Waals surface area contributed by atoms with Gasteiger partial charge in [-0.3, -0.25) is 0 Å². The van der Waals surface area contributed by atoms with E-state index in [0.29, 0.717) is 11.7 Å². The van der Waals surface area contributed by atoms with Gasteiger partial charge in [-0.25, -0.2) is 4.79 Å². The standard InChI is InChI=1S/C19H22BrN3O/c1-11-3-9-16(20)18-15(11)8-10-17(18)22-12(2)13-4-6-14(7-5-13)23-19(21)24/h3-7,9,12,17,22H,8,10H2,1-2H3,(H3,21,23,24). The van der Waals surface area contributed by atoms with Crippen molar-refractivity contribution in [3.8, 4) is 0 Å². The van der Waals surface area contributed by atoms with Crippen molar-refractivity contribution in [3.63, 3.8) is 0 Å². The molecule has 2 aromatic carbocycles. The Bertz CT molecular complexity index is 758. The maximum absolute atomic E-state index is 10.9. The molecule has 2 atom stereocenters. The van der Waals surface area contributed by atoms with E-state index in [-0.39, 0.29) is 6.04 Å². The van der Waals surface area contributed by atoms with Crippen LogP contribution in [0.15, 0.2) is 40.9 Å². The fourth-order valence-electron chi connectivity index (χ4n) is 3.45.